The number of nitrogens with zero attached hydrogens (tertiary/aromatic N) is 7. The molecule has 0 N–H and O–H groups in total. The Balaban J connectivity index is 1.46. The van der Waals surface area contributed by atoms with Crippen LogP contribution in [0.3, 0.4) is 0 Å². The minimum atomic E-state index is -4.71. The lowest BCUT2D eigenvalue weighted by molar-refractivity contribution is -0.137. The largest absolute Gasteiger partial charge is 0.416 e. The lowest BCUT2D eigenvalue weighted by atomic mass is 9.65. The number of piperidine rings is 1. The number of rotatable bonds is 6. The summed E-state index contributed by atoms with van der Waals surface area (Å²) in [7, 11) is -4.20. The van der Waals surface area contributed by atoms with Crippen molar-refractivity contribution in [2.24, 2.45) is 5.41 Å². The average Bonchev–Trinajstić information content (AvgIpc) is 3.63. The molecule has 0 bridgehead atoms. The highest BCUT2D eigenvalue weighted by molar-refractivity contribution is 7.89. The molecule has 1 aromatic carbocycles. The number of alkyl halides is 3. The number of Topliss-reactive ketones (excluding diaryl/α,β-unsaturated/α-hetero) is 1. The maximum atomic E-state index is 14.2. The average molecular weight is 602 g/mol. The predicted octanol–water partition coefficient (Wildman–Crippen LogP) is 3.94. The van der Waals surface area contributed by atoms with Gasteiger partial charge in [0.25, 0.3) is 10.0 Å². The van der Waals surface area contributed by atoms with Crippen LogP contribution in [-0.4, -0.2) is 61.4 Å². The monoisotopic (exact) mass is 601 g/mol. The number of fused-ring (bicyclic) bond motifs is 2. The first-order valence-corrected chi connectivity index (χ1v) is 14.4. The van der Waals surface area contributed by atoms with E-state index in [9.17, 15) is 30.8 Å². The minimum absolute atomic E-state index is 0.00177. The van der Waals surface area contributed by atoms with Gasteiger partial charge in [0, 0.05) is 19.3 Å². The third kappa shape index (κ3) is 4.61. The summed E-state index contributed by atoms with van der Waals surface area (Å²) in [5.74, 6) is -1.17. The fraction of sp³-hybridized carbons (Fsp3) is 0.296. The maximum absolute atomic E-state index is 14.2. The number of benzene rings is 1. The van der Waals surface area contributed by atoms with Crippen molar-refractivity contribution in [3.8, 4) is 5.69 Å². The number of aryl methyl sites for hydroxylation is 1. The Morgan fingerprint density at radius 2 is 1.86 bits per heavy atom. The molecule has 0 spiro atoms. The standard InChI is InChI=1S/C27H23F4N7O3S/c1-2-37-33-15-24(35-37)42(40,41)36-10-8-18-12-23-17(14-34-38(23)21-5-3-20(28)4-6-21)13-26(18,16-36)25(39)22-11-19(7-9-32-22)27(29,30)31/h3-7,9,11-12,14-15H,2,8,10,13,16H2,1H3. The maximum Gasteiger partial charge on any atom is 0.416 e. The summed E-state index contributed by atoms with van der Waals surface area (Å²) >= 11 is 0. The van der Waals surface area contributed by atoms with Crippen molar-refractivity contribution >= 4 is 21.9 Å². The van der Waals surface area contributed by atoms with Crippen LogP contribution >= 0.6 is 0 Å². The zero-order valence-electron chi connectivity index (χ0n) is 22.1. The molecule has 3 aromatic heterocycles. The van der Waals surface area contributed by atoms with Gasteiger partial charge in [-0.2, -0.15) is 32.5 Å². The number of aromatic nitrogens is 6. The predicted molar refractivity (Wildman–Crippen MR) is 140 cm³/mol. The Hall–Kier alpha value is -4.24. The van der Waals surface area contributed by atoms with E-state index in [0.29, 0.717) is 35.1 Å². The summed E-state index contributed by atoms with van der Waals surface area (Å²) < 4.78 is 84.1. The number of halogens is 4. The van der Waals surface area contributed by atoms with Gasteiger partial charge >= 0.3 is 6.18 Å². The molecule has 1 saturated heterocycles. The van der Waals surface area contributed by atoms with E-state index in [1.165, 1.54) is 23.1 Å². The van der Waals surface area contributed by atoms with Gasteiger partial charge in [0.2, 0.25) is 5.03 Å². The number of ketones is 1. The van der Waals surface area contributed by atoms with Crippen LogP contribution in [0.5, 0.6) is 0 Å². The van der Waals surface area contributed by atoms with Gasteiger partial charge < -0.3 is 0 Å². The molecule has 6 rings (SSSR count). The molecular formula is C27H23F4N7O3S. The summed E-state index contributed by atoms with van der Waals surface area (Å²) in [4.78, 5) is 19.4. The minimum Gasteiger partial charge on any atom is -0.291 e. The molecule has 2 aliphatic rings. The van der Waals surface area contributed by atoms with Crippen LogP contribution in [0.1, 0.15) is 40.7 Å². The molecule has 1 atom stereocenters. The van der Waals surface area contributed by atoms with Crippen LogP contribution in [-0.2, 0) is 29.2 Å². The van der Waals surface area contributed by atoms with Gasteiger partial charge in [-0.1, -0.05) is 5.57 Å². The molecule has 1 aliphatic heterocycles. The molecule has 4 aromatic rings. The fourth-order valence-corrected chi connectivity index (χ4v) is 6.83. The second-order valence-electron chi connectivity index (χ2n) is 10.1. The molecular weight excluding hydrogens is 578 g/mol. The van der Waals surface area contributed by atoms with Crippen molar-refractivity contribution in [1.29, 1.82) is 0 Å². The number of carbonyl (C=O) groups excluding carboxylic acids is 1. The molecule has 4 heterocycles. The van der Waals surface area contributed by atoms with Gasteiger partial charge in [-0.25, -0.2) is 17.5 Å². The molecule has 218 valence electrons. The van der Waals surface area contributed by atoms with E-state index in [1.807, 2.05) is 0 Å². The second-order valence-corrected chi connectivity index (χ2v) is 12.0. The summed E-state index contributed by atoms with van der Waals surface area (Å²) in [5, 5.41) is 12.1. The van der Waals surface area contributed by atoms with Crippen LogP contribution in [0, 0.1) is 11.2 Å². The Morgan fingerprint density at radius 3 is 2.55 bits per heavy atom. The Labute approximate surface area is 237 Å². The quantitative estimate of drug-likeness (QED) is 0.243. The molecule has 1 unspecified atom stereocenters. The summed E-state index contributed by atoms with van der Waals surface area (Å²) in [6.07, 6.45) is 0.631. The van der Waals surface area contributed by atoms with Crippen LogP contribution in [0.2, 0.25) is 0 Å². The van der Waals surface area contributed by atoms with Crippen molar-refractivity contribution < 1.29 is 30.8 Å². The molecule has 42 heavy (non-hydrogen) atoms. The Morgan fingerprint density at radius 1 is 1.10 bits per heavy atom. The topological polar surface area (TPSA) is 116 Å². The van der Waals surface area contributed by atoms with Crippen molar-refractivity contribution in [3.05, 3.63) is 88.9 Å². The van der Waals surface area contributed by atoms with Crippen LogP contribution in [0.25, 0.3) is 11.8 Å². The van der Waals surface area contributed by atoms with E-state index < -0.39 is 44.5 Å². The van der Waals surface area contributed by atoms with Crippen LogP contribution in [0.4, 0.5) is 17.6 Å². The first-order valence-electron chi connectivity index (χ1n) is 12.9. The van der Waals surface area contributed by atoms with Gasteiger partial charge in [-0.05, 0) is 67.8 Å². The molecule has 0 radical (unpaired) electrons. The van der Waals surface area contributed by atoms with Gasteiger partial charge in [0.1, 0.15) is 11.5 Å². The van der Waals surface area contributed by atoms with Gasteiger partial charge in [0.05, 0.1) is 41.3 Å². The first kappa shape index (κ1) is 27.9. The second kappa shape index (κ2) is 9.94. The molecule has 0 amide bonds. The number of hydrogen-bond acceptors (Lipinski definition) is 7. The highest BCUT2D eigenvalue weighted by Gasteiger charge is 2.52. The van der Waals surface area contributed by atoms with E-state index in [4.69, 9.17) is 0 Å². The molecule has 15 heteroatoms. The van der Waals surface area contributed by atoms with E-state index in [2.05, 4.69) is 20.3 Å². The van der Waals surface area contributed by atoms with E-state index in [1.54, 1.807) is 29.8 Å². The number of sulfonamides is 1. The van der Waals surface area contributed by atoms with E-state index in [-0.39, 0.29) is 31.0 Å². The normalized spacial score (nSPS) is 19.2. The summed E-state index contributed by atoms with van der Waals surface area (Å²) in [5.41, 5.74) is -0.758. The zero-order chi connectivity index (χ0) is 29.9. The van der Waals surface area contributed by atoms with E-state index in [0.717, 1.165) is 22.8 Å². The molecule has 1 fully saturated rings. The Kier molecular flexibility index (Phi) is 6.61. The van der Waals surface area contributed by atoms with Crippen LogP contribution < -0.4 is 0 Å². The van der Waals surface area contributed by atoms with E-state index >= 15 is 0 Å². The van der Waals surface area contributed by atoms with Crippen LogP contribution in [0.15, 0.2) is 65.6 Å². The zero-order valence-corrected chi connectivity index (χ0v) is 22.9. The SMILES string of the molecule is CCn1ncc(S(=O)(=O)N2CCC3=Cc4c(cnn4-c4ccc(F)cc4)CC3(C(=O)c3cc(C(F)(F)F)ccn3)C2)n1. The van der Waals surface area contributed by atoms with Gasteiger partial charge in [-0.3, -0.25) is 9.78 Å². The highest BCUT2D eigenvalue weighted by atomic mass is 32.2. The third-order valence-electron chi connectivity index (χ3n) is 7.61. The number of pyridine rings is 1. The van der Waals surface area contributed by atoms with Crippen molar-refractivity contribution in [3.63, 3.8) is 0 Å². The Bertz CT molecular complexity index is 1830. The number of carbonyl (C=O) groups is 1. The summed E-state index contributed by atoms with van der Waals surface area (Å²) in [6.45, 7) is 1.74. The smallest absolute Gasteiger partial charge is 0.291 e. The first-order chi connectivity index (χ1) is 19.9. The van der Waals surface area contributed by atoms with Crippen molar-refractivity contribution in [2.75, 3.05) is 13.1 Å². The lowest BCUT2D eigenvalue weighted by Crippen LogP contribution is -2.53. The molecule has 10 nitrogen and oxygen atoms in total. The van der Waals surface area contributed by atoms with Gasteiger partial charge in [-0.15, -0.1) is 5.10 Å². The number of hydrogen-bond donors (Lipinski definition) is 0. The molecule has 1 aliphatic carbocycles. The lowest BCUT2D eigenvalue weighted by Gasteiger charge is -2.44. The summed E-state index contributed by atoms with van der Waals surface area (Å²) in [6, 6.07) is 7.10. The molecule has 0 saturated carbocycles. The van der Waals surface area contributed by atoms with Crippen molar-refractivity contribution in [2.45, 2.75) is 37.5 Å². The highest BCUT2D eigenvalue weighted by Crippen LogP contribution is 2.47. The van der Waals surface area contributed by atoms with Gasteiger partial charge in [0.15, 0.2) is 5.78 Å². The third-order valence-corrected chi connectivity index (χ3v) is 9.32. The van der Waals surface area contributed by atoms with Crippen molar-refractivity contribution in [1.82, 2.24) is 34.1 Å². The fourth-order valence-electron chi connectivity index (χ4n) is 5.47.